The molecule has 0 saturated carbocycles. The van der Waals surface area contributed by atoms with Crippen molar-refractivity contribution in [2.24, 2.45) is 0 Å². The summed E-state index contributed by atoms with van der Waals surface area (Å²) in [7, 11) is 3.18. The van der Waals surface area contributed by atoms with E-state index in [-0.39, 0.29) is 5.91 Å². The van der Waals surface area contributed by atoms with Crippen molar-refractivity contribution in [2.45, 2.75) is 6.92 Å². The van der Waals surface area contributed by atoms with Gasteiger partial charge in [0.1, 0.15) is 5.58 Å². The third-order valence-corrected chi connectivity index (χ3v) is 5.21. The Kier molecular flexibility index (Phi) is 4.75. The molecule has 28 heavy (non-hydrogen) atoms. The number of nitrogens with zero attached hydrogens (tertiary/aromatic N) is 1. The largest absolute Gasteiger partial charge is 0.493 e. The minimum atomic E-state index is -0.318. The molecule has 4 rings (SSSR count). The Balaban J connectivity index is 1.58. The molecule has 6 nitrogen and oxygen atoms in total. The van der Waals surface area contributed by atoms with Gasteiger partial charge in [0.05, 0.1) is 19.9 Å². The maximum absolute atomic E-state index is 12.7. The van der Waals surface area contributed by atoms with Gasteiger partial charge in [-0.15, -0.1) is 11.3 Å². The predicted molar refractivity (Wildman–Crippen MR) is 110 cm³/mol. The Morgan fingerprint density at radius 3 is 2.64 bits per heavy atom. The van der Waals surface area contributed by atoms with Crippen LogP contribution in [0, 0.1) is 6.92 Å². The van der Waals surface area contributed by atoms with Gasteiger partial charge in [0, 0.05) is 21.9 Å². The minimum absolute atomic E-state index is 0.295. The number of carbonyl (C=O) groups is 1. The minimum Gasteiger partial charge on any atom is -0.493 e. The number of fused-ring (bicyclic) bond motifs is 1. The molecule has 0 atom stereocenters. The molecule has 142 valence electrons. The highest BCUT2D eigenvalue weighted by atomic mass is 32.1. The maximum atomic E-state index is 12.7. The van der Waals surface area contributed by atoms with Crippen LogP contribution in [0.4, 0.5) is 5.13 Å². The number of ether oxygens (including phenoxy) is 2. The highest BCUT2D eigenvalue weighted by Gasteiger charge is 2.19. The van der Waals surface area contributed by atoms with E-state index in [0.29, 0.717) is 28.0 Å². The monoisotopic (exact) mass is 394 g/mol. The molecule has 2 heterocycles. The SMILES string of the molecule is COc1ccc(-c2csc(NC(=O)c3oc4ccccc4c3C)n2)cc1OC. The van der Waals surface area contributed by atoms with Crippen molar-refractivity contribution >= 4 is 33.3 Å². The van der Waals surface area contributed by atoms with E-state index in [9.17, 15) is 4.79 Å². The van der Waals surface area contributed by atoms with Crippen LogP contribution in [0.15, 0.2) is 52.3 Å². The highest BCUT2D eigenvalue weighted by molar-refractivity contribution is 7.14. The number of para-hydroxylation sites is 1. The number of rotatable bonds is 5. The first-order valence-corrected chi connectivity index (χ1v) is 9.46. The molecule has 2 aromatic heterocycles. The van der Waals surface area contributed by atoms with Gasteiger partial charge < -0.3 is 13.9 Å². The Labute approximate surface area is 165 Å². The van der Waals surface area contributed by atoms with Crippen LogP contribution in [0.5, 0.6) is 11.5 Å². The predicted octanol–water partition coefficient (Wildman–Crippen LogP) is 5.13. The van der Waals surface area contributed by atoms with Crippen LogP contribution in [-0.2, 0) is 0 Å². The molecule has 2 aromatic carbocycles. The standard InChI is InChI=1S/C21H18N2O4S/c1-12-14-6-4-5-7-16(14)27-19(12)20(24)23-21-22-15(11-28-21)13-8-9-17(25-2)18(10-13)26-3/h4-11H,1-3H3,(H,22,23,24). The Hall–Kier alpha value is -3.32. The summed E-state index contributed by atoms with van der Waals surface area (Å²) >= 11 is 1.35. The van der Waals surface area contributed by atoms with Gasteiger partial charge in [-0.3, -0.25) is 10.1 Å². The number of amides is 1. The number of hydrogen-bond acceptors (Lipinski definition) is 6. The van der Waals surface area contributed by atoms with Crippen LogP contribution >= 0.6 is 11.3 Å². The first-order chi connectivity index (χ1) is 13.6. The van der Waals surface area contributed by atoms with Gasteiger partial charge in [-0.25, -0.2) is 4.98 Å². The van der Waals surface area contributed by atoms with Crippen LogP contribution in [0.3, 0.4) is 0 Å². The fourth-order valence-corrected chi connectivity index (χ4v) is 3.72. The van der Waals surface area contributed by atoms with E-state index in [1.165, 1.54) is 11.3 Å². The molecule has 0 spiro atoms. The average molecular weight is 394 g/mol. The summed E-state index contributed by atoms with van der Waals surface area (Å²) in [6.07, 6.45) is 0. The molecule has 1 amide bonds. The molecule has 0 aliphatic carbocycles. The molecule has 4 aromatic rings. The molecular weight excluding hydrogens is 376 g/mol. The lowest BCUT2D eigenvalue weighted by Crippen LogP contribution is -2.11. The molecule has 0 aliphatic heterocycles. The number of aryl methyl sites for hydroxylation is 1. The molecular formula is C21H18N2O4S. The number of methoxy groups -OCH3 is 2. The molecule has 0 unspecified atom stereocenters. The van der Waals surface area contributed by atoms with Crippen LogP contribution in [0.1, 0.15) is 16.1 Å². The van der Waals surface area contributed by atoms with Crippen molar-refractivity contribution in [1.29, 1.82) is 0 Å². The number of carbonyl (C=O) groups excluding carboxylic acids is 1. The Morgan fingerprint density at radius 1 is 1.11 bits per heavy atom. The van der Waals surface area contributed by atoms with E-state index < -0.39 is 0 Å². The van der Waals surface area contributed by atoms with Crippen molar-refractivity contribution in [2.75, 3.05) is 19.5 Å². The number of nitrogens with one attached hydrogen (secondary N) is 1. The van der Waals surface area contributed by atoms with Gasteiger partial charge in [-0.1, -0.05) is 18.2 Å². The second-order valence-corrected chi connectivity index (χ2v) is 6.97. The van der Waals surface area contributed by atoms with Crippen LogP contribution < -0.4 is 14.8 Å². The van der Waals surface area contributed by atoms with E-state index in [2.05, 4.69) is 10.3 Å². The van der Waals surface area contributed by atoms with E-state index in [0.717, 1.165) is 22.2 Å². The lowest BCUT2D eigenvalue weighted by molar-refractivity contribution is 0.0998. The van der Waals surface area contributed by atoms with Crippen molar-refractivity contribution in [3.05, 3.63) is 59.2 Å². The summed E-state index contributed by atoms with van der Waals surface area (Å²) in [6.45, 7) is 1.87. The van der Waals surface area contributed by atoms with Gasteiger partial charge in [-0.2, -0.15) is 0 Å². The van der Waals surface area contributed by atoms with Gasteiger partial charge in [0.2, 0.25) is 0 Å². The average Bonchev–Trinajstić information content (AvgIpc) is 3.32. The normalized spacial score (nSPS) is 10.8. The fourth-order valence-electron chi connectivity index (χ4n) is 3.00. The molecule has 7 heteroatoms. The summed E-state index contributed by atoms with van der Waals surface area (Å²) in [4.78, 5) is 17.2. The summed E-state index contributed by atoms with van der Waals surface area (Å²) < 4.78 is 16.3. The van der Waals surface area contributed by atoms with Crippen molar-refractivity contribution in [3.8, 4) is 22.8 Å². The summed E-state index contributed by atoms with van der Waals surface area (Å²) in [5, 5.41) is 6.12. The Morgan fingerprint density at radius 2 is 1.89 bits per heavy atom. The molecule has 0 saturated heterocycles. The van der Waals surface area contributed by atoms with E-state index in [1.54, 1.807) is 14.2 Å². The lowest BCUT2D eigenvalue weighted by atomic mass is 10.1. The van der Waals surface area contributed by atoms with Crippen LogP contribution in [-0.4, -0.2) is 25.1 Å². The number of benzene rings is 2. The van der Waals surface area contributed by atoms with Crippen LogP contribution in [0.2, 0.25) is 0 Å². The summed E-state index contributed by atoms with van der Waals surface area (Å²) in [6, 6.07) is 13.1. The van der Waals surface area contributed by atoms with E-state index in [4.69, 9.17) is 13.9 Å². The molecule has 0 aliphatic rings. The first-order valence-electron chi connectivity index (χ1n) is 8.58. The second kappa shape index (κ2) is 7.36. The number of anilines is 1. The third kappa shape index (κ3) is 3.20. The highest BCUT2D eigenvalue weighted by Crippen LogP contribution is 2.34. The van der Waals surface area contributed by atoms with Gasteiger partial charge in [0.15, 0.2) is 22.4 Å². The molecule has 0 bridgehead atoms. The van der Waals surface area contributed by atoms with Crippen LogP contribution in [0.25, 0.3) is 22.2 Å². The number of furan rings is 1. The summed E-state index contributed by atoms with van der Waals surface area (Å²) in [5.41, 5.74) is 3.11. The summed E-state index contributed by atoms with van der Waals surface area (Å²) in [5.74, 6) is 1.25. The zero-order valence-electron chi connectivity index (χ0n) is 15.6. The zero-order valence-corrected chi connectivity index (χ0v) is 16.4. The molecule has 0 radical (unpaired) electrons. The zero-order chi connectivity index (χ0) is 19.7. The Bertz CT molecular complexity index is 1160. The van der Waals surface area contributed by atoms with Crippen molar-refractivity contribution in [3.63, 3.8) is 0 Å². The van der Waals surface area contributed by atoms with Crippen molar-refractivity contribution in [1.82, 2.24) is 4.98 Å². The van der Waals surface area contributed by atoms with Gasteiger partial charge >= 0.3 is 0 Å². The third-order valence-electron chi connectivity index (χ3n) is 4.45. The second-order valence-electron chi connectivity index (χ2n) is 6.11. The lowest BCUT2D eigenvalue weighted by Gasteiger charge is -2.08. The quantitative estimate of drug-likeness (QED) is 0.508. The first kappa shape index (κ1) is 18.1. The van der Waals surface area contributed by atoms with Crippen molar-refractivity contribution < 1.29 is 18.7 Å². The maximum Gasteiger partial charge on any atom is 0.293 e. The van der Waals surface area contributed by atoms with Gasteiger partial charge in [-0.05, 0) is 31.2 Å². The molecule has 1 N–H and O–H groups in total. The number of aromatic nitrogens is 1. The smallest absolute Gasteiger partial charge is 0.293 e. The number of thiazole rings is 1. The fraction of sp³-hybridized carbons (Fsp3) is 0.143. The molecule has 0 fully saturated rings. The van der Waals surface area contributed by atoms with E-state index in [1.807, 2.05) is 54.8 Å². The topological polar surface area (TPSA) is 73.6 Å². The van der Waals surface area contributed by atoms with Gasteiger partial charge in [0.25, 0.3) is 5.91 Å². The van der Waals surface area contributed by atoms with E-state index >= 15 is 0 Å². The number of hydrogen-bond donors (Lipinski definition) is 1.